The Hall–Kier alpha value is -4.04. The lowest BCUT2D eigenvalue weighted by molar-refractivity contribution is -0.123. The quantitative estimate of drug-likeness (QED) is 0.339. The maximum atomic E-state index is 13.0. The van der Waals surface area contributed by atoms with Crippen molar-refractivity contribution in [3.05, 3.63) is 93.4 Å². The van der Waals surface area contributed by atoms with E-state index in [0.717, 1.165) is 45.5 Å². The van der Waals surface area contributed by atoms with Gasteiger partial charge in [-0.15, -0.1) is 0 Å². The van der Waals surface area contributed by atoms with Crippen LogP contribution in [-0.2, 0) is 9.59 Å². The van der Waals surface area contributed by atoms with Crippen LogP contribution in [-0.4, -0.2) is 41.7 Å². The van der Waals surface area contributed by atoms with Gasteiger partial charge in [0.15, 0.2) is 6.61 Å². The maximum Gasteiger partial charge on any atom is 0.293 e. The number of carbonyl (C=O) groups is 3. The molecular weight excluding hydrogens is 500 g/mol. The smallest absolute Gasteiger partial charge is 0.293 e. The number of rotatable bonds is 9. The number of aryl methyl sites for hydroxylation is 4. The number of hydrogen-bond donors (Lipinski definition) is 1. The van der Waals surface area contributed by atoms with Crippen LogP contribution >= 0.6 is 11.8 Å². The van der Waals surface area contributed by atoms with Crippen molar-refractivity contribution in [2.24, 2.45) is 0 Å². The van der Waals surface area contributed by atoms with Crippen LogP contribution in [0.3, 0.4) is 0 Å². The molecule has 1 aliphatic heterocycles. The number of carbonyl (C=O) groups excluding carboxylic acids is 3. The Bertz CT molecular complexity index is 1420. The molecule has 1 saturated heterocycles. The molecule has 3 aromatic carbocycles. The van der Waals surface area contributed by atoms with Crippen molar-refractivity contribution in [3.8, 4) is 11.5 Å². The number of benzene rings is 3. The Balaban J connectivity index is 1.38. The molecule has 196 valence electrons. The fourth-order valence-corrected chi connectivity index (χ4v) is 4.81. The zero-order valence-electron chi connectivity index (χ0n) is 21.9. The second kappa shape index (κ2) is 12.0. The maximum absolute atomic E-state index is 13.0. The minimum Gasteiger partial charge on any atom is -0.491 e. The number of imide groups is 1. The van der Waals surface area contributed by atoms with E-state index in [1.165, 1.54) is 4.90 Å². The zero-order chi connectivity index (χ0) is 27.2. The van der Waals surface area contributed by atoms with Gasteiger partial charge in [0, 0.05) is 11.3 Å². The summed E-state index contributed by atoms with van der Waals surface area (Å²) < 4.78 is 11.6. The fraction of sp³-hybridized carbons (Fsp3) is 0.233. The van der Waals surface area contributed by atoms with Crippen LogP contribution in [0.1, 0.15) is 27.8 Å². The number of hydrogen-bond acceptors (Lipinski definition) is 6. The van der Waals surface area contributed by atoms with Gasteiger partial charge in [0.2, 0.25) is 0 Å². The summed E-state index contributed by atoms with van der Waals surface area (Å²) in [5.74, 6) is 0.497. The van der Waals surface area contributed by atoms with Gasteiger partial charge in [0.25, 0.3) is 17.1 Å². The predicted octanol–water partition coefficient (Wildman–Crippen LogP) is 6.05. The van der Waals surface area contributed by atoms with Crippen molar-refractivity contribution < 1.29 is 23.9 Å². The van der Waals surface area contributed by atoms with Gasteiger partial charge in [0.1, 0.15) is 18.1 Å². The zero-order valence-corrected chi connectivity index (χ0v) is 22.7. The van der Waals surface area contributed by atoms with E-state index in [1.54, 1.807) is 30.3 Å². The number of nitrogens with one attached hydrogen (secondary N) is 1. The molecule has 0 bridgehead atoms. The highest BCUT2D eigenvalue weighted by Gasteiger charge is 2.35. The van der Waals surface area contributed by atoms with Crippen molar-refractivity contribution >= 4 is 40.6 Å². The average Bonchev–Trinajstić information content (AvgIpc) is 3.14. The summed E-state index contributed by atoms with van der Waals surface area (Å²) in [6.07, 6.45) is 1.62. The second-order valence-electron chi connectivity index (χ2n) is 9.14. The normalized spacial score (nSPS) is 14.2. The van der Waals surface area contributed by atoms with Gasteiger partial charge < -0.3 is 14.8 Å². The van der Waals surface area contributed by atoms with Crippen LogP contribution in [0.4, 0.5) is 10.5 Å². The molecule has 0 saturated carbocycles. The lowest BCUT2D eigenvalue weighted by atomic mass is 10.1. The predicted molar refractivity (Wildman–Crippen MR) is 151 cm³/mol. The molecule has 0 aromatic heterocycles. The van der Waals surface area contributed by atoms with E-state index >= 15 is 0 Å². The standard InChI is InChI=1S/C30H30N2O5S/c1-19-10-12-24(22(4)15-19)31-28(33)18-37-25-8-6-5-7-23(25)17-27-29(34)32(30(35)38-27)13-14-36-26-16-20(2)9-11-21(26)3/h5-12,15-17H,13-14,18H2,1-4H3,(H,31,33)/b27-17-. The summed E-state index contributed by atoms with van der Waals surface area (Å²) in [6, 6.07) is 18.8. The van der Waals surface area contributed by atoms with Gasteiger partial charge in [0.05, 0.1) is 11.4 Å². The summed E-state index contributed by atoms with van der Waals surface area (Å²) in [5.41, 5.74) is 5.47. The molecule has 3 aromatic rings. The van der Waals surface area contributed by atoms with Crippen LogP contribution in [0.15, 0.2) is 65.6 Å². The first-order valence-electron chi connectivity index (χ1n) is 12.3. The third kappa shape index (κ3) is 6.63. The number of amides is 3. The fourth-order valence-electron chi connectivity index (χ4n) is 3.96. The Kier molecular flexibility index (Phi) is 8.53. The van der Waals surface area contributed by atoms with Crippen LogP contribution < -0.4 is 14.8 Å². The van der Waals surface area contributed by atoms with Gasteiger partial charge >= 0.3 is 0 Å². The minimum absolute atomic E-state index is 0.145. The molecule has 1 aliphatic rings. The van der Waals surface area contributed by atoms with E-state index in [1.807, 2.05) is 64.1 Å². The van der Waals surface area contributed by atoms with Gasteiger partial charge in [-0.3, -0.25) is 19.3 Å². The third-order valence-electron chi connectivity index (χ3n) is 6.01. The van der Waals surface area contributed by atoms with E-state index in [4.69, 9.17) is 9.47 Å². The van der Waals surface area contributed by atoms with Crippen molar-refractivity contribution in [1.82, 2.24) is 4.90 Å². The largest absolute Gasteiger partial charge is 0.491 e. The summed E-state index contributed by atoms with van der Waals surface area (Å²) in [6.45, 7) is 8.00. The SMILES string of the molecule is Cc1ccc(NC(=O)COc2ccccc2/C=C2\SC(=O)N(CCOc3cc(C)ccc3C)C2=O)c(C)c1. The Morgan fingerprint density at radius 3 is 2.42 bits per heavy atom. The molecule has 0 unspecified atom stereocenters. The Morgan fingerprint density at radius 1 is 0.895 bits per heavy atom. The summed E-state index contributed by atoms with van der Waals surface area (Å²) in [4.78, 5) is 39.5. The number of thioether (sulfide) groups is 1. The van der Waals surface area contributed by atoms with E-state index in [-0.39, 0.29) is 41.7 Å². The first kappa shape index (κ1) is 27.0. The summed E-state index contributed by atoms with van der Waals surface area (Å²) in [7, 11) is 0. The number of anilines is 1. The summed E-state index contributed by atoms with van der Waals surface area (Å²) in [5, 5.41) is 2.51. The van der Waals surface area contributed by atoms with Crippen LogP contribution in [0.2, 0.25) is 0 Å². The number of para-hydroxylation sites is 1. The molecule has 7 nitrogen and oxygen atoms in total. The Labute approximate surface area is 226 Å². The van der Waals surface area contributed by atoms with Crippen molar-refractivity contribution in [2.45, 2.75) is 27.7 Å². The Morgan fingerprint density at radius 2 is 1.63 bits per heavy atom. The van der Waals surface area contributed by atoms with Crippen LogP contribution in [0, 0.1) is 27.7 Å². The average molecular weight is 531 g/mol. The molecule has 8 heteroatoms. The molecule has 1 N–H and O–H groups in total. The molecule has 1 fully saturated rings. The molecule has 0 radical (unpaired) electrons. The monoisotopic (exact) mass is 530 g/mol. The summed E-state index contributed by atoms with van der Waals surface area (Å²) >= 11 is 0.874. The first-order chi connectivity index (χ1) is 18.2. The van der Waals surface area contributed by atoms with E-state index in [0.29, 0.717) is 11.3 Å². The number of nitrogens with zero attached hydrogens (tertiary/aromatic N) is 1. The van der Waals surface area contributed by atoms with Crippen molar-refractivity contribution in [2.75, 3.05) is 25.1 Å². The molecule has 0 spiro atoms. The topological polar surface area (TPSA) is 84.9 Å². The highest BCUT2D eigenvalue weighted by Crippen LogP contribution is 2.34. The number of ether oxygens (including phenoxy) is 2. The van der Waals surface area contributed by atoms with Crippen LogP contribution in [0.25, 0.3) is 6.08 Å². The van der Waals surface area contributed by atoms with E-state index in [2.05, 4.69) is 5.32 Å². The van der Waals surface area contributed by atoms with Gasteiger partial charge in [-0.1, -0.05) is 48.0 Å². The minimum atomic E-state index is -0.382. The molecular formula is C30H30N2O5S. The molecule has 0 atom stereocenters. The molecule has 38 heavy (non-hydrogen) atoms. The van der Waals surface area contributed by atoms with E-state index in [9.17, 15) is 14.4 Å². The van der Waals surface area contributed by atoms with Crippen molar-refractivity contribution in [1.29, 1.82) is 0 Å². The molecule has 3 amide bonds. The first-order valence-corrected chi connectivity index (χ1v) is 13.1. The molecule has 1 heterocycles. The van der Waals surface area contributed by atoms with E-state index < -0.39 is 0 Å². The highest BCUT2D eigenvalue weighted by molar-refractivity contribution is 8.18. The van der Waals surface area contributed by atoms with Crippen LogP contribution in [0.5, 0.6) is 11.5 Å². The lowest BCUT2D eigenvalue weighted by Crippen LogP contribution is -2.32. The molecule has 0 aliphatic carbocycles. The van der Waals surface area contributed by atoms with Crippen molar-refractivity contribution in [3.63, 3.8) is 0 Å². The molecule has 4 rings (SSSR count). The van der Waals surface area contributed by atoms with Gasteiger partial charge in [-0.25, -0.2) is 0 Å². The van der Waals surface area contributed by atoms with Gasteiger partial charge in [-0.2, -0.15) is 0 Å². The second-order valence-corrected chi connectivity index (χ2v) is 10.1. The van der Waals surface area contributed by atoms with Gasteiger partial charge in [-0.05, 0) is 80.4 Å². The highest BCUT2D eigenvalue weighted by atomic mass is 32.2. The lowest BCUT2D eigenvalue weighted by Gasteiger charge is -2.14. The third-order valence-corrected chi connectivity index (χ3v) is 6.92.